The summed E-state index contributed by atoms with van der Waals surface area (Å²) in [5.41, 5.74) is 6.47. The summed E-state index contributed by atoms with van der Waals surface area (Å²) in [5.74, 6) is -0.130. The largest absolute Gasteiger partial charge is 0.398 e. The first kappa shape index (κ1) is 13.6. The Morgan fingerprint density at radius 1 is 1.38 bits per heavy atom. The number of nitrogens with zero attached hydrogens (tertiary/aromatic N) is 3. The highest BCUT2D eigenvalue weighted by atomic mass is 35.5. The van der Waals surface area contributed by atoms with Crippen LogP contribution in [-0.2, 0) is 11.3 Å². The van der Waals surface area contributed by atoms with E-state index < -0.39 is 5.82 Å². The Balaban J connectivity index is 1.89. The molecule has 108 valence electrons. The van der Waals surface area contributed by atoms with Crippen LogP contribution in [-0.4, -0.2) is 28.2 Å². The highest BCUT2D eigenvalue weighted by Crippen LogP contribution is 2.22. The number of amidine groups is 1. The molecular formula is C14H12ClFN4O. The highest BCUT2D eigenvalue weighted by molar-refractivity contribution is 6.31. The Bertz CT molecular complexity index is 678. The fourth-order valence-corrected chi connectivity index (χ4v) is 2.36. The third-order valence-electron chi connectivity index (χ3n) is 3.21. The van der Waals surface area contributed by atoms with E-state index in [0.29, 0.717) is 11.5 Å². The van der Waals surface area contributed by atoms with Crippen molar-refractivity contribution in [1.29, 1.82) is 0 Å². The lowest BCUT2D eigenvalue weighted by Gasteiger charge is -2.31. The highest BCUT2D eigenvalue weighted by Gasteiger charge is 2.27. The number of allylic oxidation sites excluding steroid dienone is 1. The minimum absolute atomic E-state index is 0.00524. The molecule has 0 aliphatic carbocycles. The maximum absolute atomic E-state index is 13.8. The first-order chi connectivity index (χ1) is 10.0. The third-order valence-corrected chi connectivity index (χ3v) is 3.56. The first-order valence-electron chi connectivity index (χ1n) is 6.28. The van der Waals surface area contributed by atoms with E-state index >= 15 is 0 Å². The Kier molecular flexibility index (Phi) is 3.39. The predicted molar refractivity (Wildman–Crippen MR) is 77.5 cm³/mol. The van der Waals surface area contributed by atoms with Crippen molar-refractivity contribution < 1.29 is 9.18 Å². The SMILES string of the molecule is NC1=CN2CC(=O)N(Cc3c(F)cccc3Cl)N=C2C=C1. The lowest BCUT2D eigenvalue weighted by atomic mass is 10.2. The minimum atomic E-state index is -0.457. The number of fused-ring (bicyclic) bond motifs is 1. The number of amides is 1. The third kappa shape index (κ3) is 2.62. The van der Waals surface area contributed by atoms with Crippen LogP contribution >= 0.6 is 11.6 Å². The van der Waals surface area contributed by atoms with Gasteiger partial charge in [0.05, 0.1) is 6.54 Å². The average molecular weight is 307 g/mol. The van der Waals surface area contributed by atoms with Crippen molar-refractivity contribution in [2.75, 3.05) is 6.54 Å². The van der Waals surface area contributed by atoms with Gasteiger partial charge in [0, 0.05) is 22.5 Å². The summed E-state index contributed by atoms with van der Waals surface area (Å²) in [4.78, 5) is 13.8. The van der Waals surface area contributed by atoms with E-state index in [-0.39, 0.29) is 29.6 Å². The number of hydrogen-bond donors (Lipinski definition) is 1. The van der Waals surface area contributed by atoms with Crippen molar-refractivity contribution in [1.82, 2.24) is 9.91 Å². The molecule has 1 aromatic carbocycles. The summed E-state index contributed by atoms with van der Waals surface area (Å²) in [5, 5.41) is 5.70. The number of rotatable bonds is 2. The molecule has 0 aromatic heterocycles. The standard InChI is InChI=1S/C14H12ClFN4O/c15-11-2-1-3-12(16)10(11)7-20-14(21)8-19-6-9(17)4-5-13(19)18-20/h1-6H,7-8,17H2. The Morgan fingerprint density at radius 3 is 2.95 bits per heavy atom. The molecule has 3 rings (SSSR count). The summed E-state index contributed by atoms with van der Waals surface area (Å²) >= 11 is 5.98. The number of carbonyl (C=O) groups excluding carboxylic acids is 1. The molecule has 0 fully saturated rings. The van der Waals surface area contributed by atoms with Crippen LogP contribution in [0.4, 0.5) is 4.39 Å². The van der Waals surface area contributed by atoms with Gasteiger partial charge in [-0.25, -0.2) is 9.40 Å². The van der Waals surface area contributed by atoms with Crippen LogP contribution in [0.1, 0.15) is 5.56 Å². The van der Waals surface area contributed by atoms with Gasteiger partial charge in [-0.05, 0) is 24.3 Å². The fraction of sp³-hybridized carbons (Fsp3) is 0.143. The Hall–Kier alpha value is -2.34. The molecule has 0 atom stereocenters. The smallest absolute Gasteiger partial charge is 0.263 e. The van der Waals surface area contributed by atoms with Crippen LogP contribution in [0.15, 0.2) is 47.3 Å². The minimum Gasteiger partial charge on any atom is -0.398 e. The van der Waals surface area contributed by atoms with E-state index in [9.17, 15) is 9.18 Å². The van der Waals surface area contributed by atoms with Crippen molar-refractivity contribution >= 4 is 23.3 Å². The monoisotopic (exact) mass is 306 g/mol. The van der Waals surface area contributed by atoms with E-state index in [1.165, 1.54) is 17.1 Å². The van der Waals surface area contributed by atoms with Crippen LogP contribution in [0.2, 0.25) is 5.02 Å². The van der Waals surface area contributed by atoms with Crippen LogP contribution < -0.4 is 5.73 Å². The zero-order valence-electron chi connectivity index (χ0n) is 11.0. The number of halogens is 2. The van der Waals surface area contributed by atoms with Gasteiger partial charge in [-0.3, -0.25) is 4.79 Å². The van der Waals surface area contributed by atoms with Gasteiger partial charge in [0.25, 0.3) is 5.91 Å². The van der Waals surface area contributed by atoms with Gasteiger partial charge < -0.3 is 10.6 Å². The second-order valence-electron chi connectivity index (χ2n) is 4.70. The Morgan fingerprint density at radius 2 is 2.19 bits per heavy atom. The van der Waals surface area contributed by atoms with Gasteiger partial charge in [-0.1, -0.05) is 17.7 Å². The average Bonchev–Trinajstić information content (AvgIpc) is 2.43. The fourth-order valence-electron chi connectivity index (χ4n) is 2.14. The molecule has 2 heterocycles. The van der Waals surface area contributed by atoms with Crippen molar-refractivity contribution in [3.8, 4) is 0 Å². The van der Waals surface area contributed by atoms with Gasteiger partial charge in [-0.2, -0.15) is 5.10 Å². The van der Waals surface area contributed by atoms with Crippen molar-refractivity contribution in [3.63, 3.8) is 0 Å². The first-order valence-corrected chi connectivity index (χ1v) is 6.66. The van der Waals surface area contributed by atoms with E-state index in [1.54, 1.807) is 29.3 Å². The van der Waals surface area contributed by atoms with Gasteiger partial charge in [0.1, 0.15) is 12.4 Å². The number of benzene rings is 1. The predicted octanol–water partition coefficient (Wildman–Crippen LogP) is 1.81. The van der Waals surface area contributed by atoms with Gasteiger partial charge >= 0.3 is 0 Å². The van der Waals surface area contributed by atoms with E-state index in [4.69, 9.17) is 17.3 Å². The maximum atomic E-state index is 13.8. The zero-order valence-corrected chi connectivity index (χ0v) is 11.7. The second-order valence-corrected chi connectivity index (χ2v) is 5.11. The van der Waals surface area contributed by atoms with Crippen molar-refractivity contribution in [3.05, 3.63) is 58.7 Å². The number of carbonyl (C=O) groups is 1. The van der Waals surface area contributed by atoms with Gasteiger partial charge in [-0.15, -0.1) is 0 Å². The second kappa shape index (κ2) is 5.21. The molecule has 0 saturated heterocycles. The molecule has 7 heteroatoms. The molecule has 21 heavy (non-hydrogen) atoms. The van der Waals surface area contributed by atoms with E-state index in [1.807, 2.05) is 0 Å². The molecule has 2 N–H and O–H groups in total. The summed E-state index contributed by atoms with van der Waals surface area (Å²) < 4.78 is 13.8. The molecule has 1 aromatic rings. The van der Waals surface area contributed by atoms with Crippen LogP contribution in [0.5, 0.6) is 0 Å². The van der Waals surface area contributed by atoms with Crippen LogP contribution in [0.3, 0.4) is 0 Å². The van der Waals surface area contributed by atoms with Gasteiger partial charge in [0.15, 0.2) is 5.84 Å². The molecule has 0 saturated carbocycles. The summed E-state index contributed by atoms with van der Waals surface area (Å²) in [6.45, 7) is 0.102. The van der Waals surface area contributed by atoms with E-state index in [2.05, 4.69) is 5.10 Å². The molecule has 0 spiro atoms. The van der Waals surface area contributed by atoms with E-state index in [0.717, 1.165) is 0 Å². The van der Waals surface area contributed by atoms with Crippen LogP contribution in [0, 0.1) is 5.82 Å². The normalized spacial score (nSPS) is 17.5. The molecular weight excluding hydrogens is 295 g/mol. The Labute approximate surface area is 125 Å². The lowest BCUT2D eigenvalue weighted by molar-refractivity contribution is -0.132. The summed E-state index contributed by atoms with van der Waals surface area (Å²) in [6.07, 6.45) is 5.04. The maximum Gasteiger partial charge on any atom is 0.263 e. The topological polar surface area (TPSA) is 61.9 Å². The van der Waals surface area contributed by atoms with Crippen molar-refractivity contribution in [2.24, 2.45) is 10.8 Å². The summed E-state index contributed by atoms with van der Waals surface area (Å²) in [6, 6.07) is 4.40. The van der Waals surface area contributed by atoms with Gasteiger partial charge in [0.2, 0.25) is 0 Å². The quantitative estimate of drug-likeness (QED) is 0.906. The molecule has 0 radical (unpaired) electrons. The summed E-state index contributed by atoms with van der Waals surface area (Å²) in [7, 11) is 0. The molecule has 2 aliphatic rings. The number of nitrogens with two attached hydrogens (primary N) is 1. The molecule has 0 bridgehead atoms. The number of hydrogen-bond acceptors (Lipinski definition) is 4. The zero-order chi connectivity index (χ0) is 15.0. The molecule has 5 nitrogen and oxygen atoms in total. The molecule has 1 amide bonds. The molecule has 0 unspecified atom stereocenters. The number of hydrazone groups is 1. The van der Waals surface area contributed by atoms with Crippen molar-refractivity contribution in [2.45, 2.75) is 6.54 Å². The lowest BCUT2D eigenvalue weighted by Crippen LogP contribution is -2.45. The molecule has 2 aliphatic heterocycles. The van der Waals surface area contributed by atoms with Crippen LogP contribution in [0.25, 0.3) is 0 Å².